The highest BCUT2D eigenvalue weighted by atomic mass is 32.2. The second kappa shape index (κ2) is 8.78. The lowest BCUT2D eigenvalue weighted by molar-refractivity contribution is 0.0952. The van der Waals surface area contributed by atoms with E-state index in [2.05, 4.69) is 10.2 Å². The van der Waals surface area contributed by atoms with Gasteiger partial charge < -0.3 is 10.2 Å². The second-order valence-corrected chi connectivity index (χ2v) is 8.76. The highest BCUT2D eigenvalue weighted by Gasteiger charge is 2.28. The van der Waals surface area contributed by atoms with Crippen LogP contribution in [0.3, 0.4) is 0 Å². The summed E-state index contributed by atoms with van der Waals surface area (Å²) in [5.41, 5.74) is 1.07. The summed E-state index contributed by atoms with van der Waals surface area (Å²) < 4.78 is 27.4. The first-order valence-electron chi connectivity index (χ1n) is 8.86. The molecule has 1 aliphatic rings. The van der Waals surface area contributed by atoms with Crippen LogP contribution in [0, 0.1) is 6.92 Å². The Kier molecular flexibility index (Phi) is 6.98. The van der Waals surface area contributed by atoms with Crippen molar-refractivity contribution in [3.05, 3.63) is 29.3 Å². The van der Waals surface area contributed by atoms with Crippen molar-refractivity contribution in [2.75, 3.05) is 40.3 Å². The Bertz CT molecular complexity index is 696. The molecule has 1 aromatic rings. The van der Waals surface area contributed by atoms with Gasteiger partial charge >= 0.3 is 0 Å². The smallest absolute Gasteiger partial charge is 0.251 e. The molecule has 0 radical (unpaired) electrons. The molecule has 0 unspecified atom stereocenters. The first-order chi connectivity index (χ1) is 11.8. The summed E-state index contributed by atoms with van der Waals surface area (Å²) in [7, 11) is 0.433. The van der Waals surface area contributed by atoms with Gasteiger partial charge in [0.2, 0.25) is 10.0 Å². The van der Waals surface area contributed by atoms with E-state index in [0.717, 1.165) is 32.2 Å². The van der Waals surface area contributed by atoms with Gasteiger partial charge in [0, 0.05) is 25.2 Å². The van der Waals surface area contributed by atoms with Gasteiger partial charge in [0.15, 0.2) is 0 Å². The molecule has 1 amide bonds. The fourth-order valence-corrected chi connectivity index (χ4v) is 4.73. The summed E-state index contributed by atoms with van der Waals surface area (Å²) in [5.74, 6) is -0.228. The molecule has 7 heteroatoms. The number of hydrogen-bond donors (Lipinski definition) is 1. The van der Waals surface area contributed by atoms with Gasteiger partial charge in [0.1, 0.15) is 0 Å². The van der Waals surface area contributed by atoms with Gasteiger partial charge in [-0.3, -0.25) is 4.79 Å². The monoisotopic (exact) mass is 367 g/mol. The minimum Gasteiger partial charge on any atom is -0.352 e. The molecule has 1 N–H and O–H groups in total. The predicted molar refractivity (Wildman–Crippen MR) is 99.3 cm³/mol. The molecule has 2 rings (SSSR count). The third-order valence-electron chi connectivity index (χ3n) is 4.45. The number of amides is 1. The largest absolute Gasteiger partial charge is 0.352 e. The fraction of sp³-hybridized carbons (Fsp3) is 0.611. The Morgan fingerprint density at radius 3 is 2.52 bits per heavy atom. The maximum absolute atomic E-state index is 12.9. The van der Waals surface area contributed by atoms with E-state index in [1.54, 1.807) is 19.1 Å². The first-order valence-corrected chi connectivity index (χ1v) is 10.3. The Labute approximate surface area is 151 Å². The molecular weight excluding hydrogens is 338 g/mol. The van der Waals surface area contributed by atoms with E-state index in [9.17, 15) is 13.2 Å². The number of nitrogens with zero attached hydrogens (tertiary/aromatic N) is 2. The van der Waals surface area contributed by atoms with Gasteiger partial charge in [-0.15, -0.1) is 0 Å². The van der Waals surface area contributed by atoms with E-state index in [0.29, 0.717) is 30.8 Å². The molecule has 1 fully saturated rings. The van der Waals surface area contributed by atoms with Crippen LogP contribution in [0.5, 0.6) is 0 Å². The third-order valence-corrected chi connectivity index (χ3v) is 6.49. The second-order valence-electron chi connectivity index (χ2n) is 6.86. The maximum Gasteiger partial charge on any atom is 0.251 e. The first kappa shape index (κ1) is 19.9. The average Bonchev–Trinajstić information content (AvgIpc) is 2.59. The summed E-state index contributed by atoms with van der Waals surface area (Å²) >= 11 is 0. The van der Waals surface area contributed by atoms with Crippen molar-refractivity contribution < 1.29 is 13.2 Å². The number of rotatable bonds is 7. The molecule has 0 aliphatic carbocycles. The number of carbonyl (C=O) groups is 1. The molecule has 0 bridgehead atoms. The Morgan fingerprint density at radius 2 is 1.88 bits per heavy atom. The molecule has 25 heavy (non-hydrogen) atoms. The molecule has 1 saturated heterocycles. The average molecular weight is 368 g/mol. The van der Waals surface area contributed by atoms with Crippen molar-refractivity contribution in [3.63, 3.8) is 0 Å². The number of carbonyl (C=O) groups excluding carboxylic acids is 1. The lowest BCUT2D eigenvalue weighted by Gasteiger charge is -2.26. The number of hydrogen-bond acceptors (Lipinski definition) is 4. The number of piperidine rings is 1. The lowest BCUT2D eigenvalue weighted by Crippen LogP contribution is -2.36. The van der Waals surface area contributed by atoms with Crippen molar-refractivity contribution in [1.29, 1.82) is 0 Å². The molecule has 0 atom stereocenters. The molecule has 6 nitrogen and oxygen atoms in total. The van der Waals surface area contributed by atoms with Crippen molar-refractivity contribution >= 4 is 15.9 Å². The topological polar surface area (TPSA) is 69.7 Å². The van der Waals surface area contributed by atoms with Crippen LogP contribution in [0.15, 0.2) is 23.1 Å². The predicted octanol–water partition coefficient (Wildman–Crippen LogP) is 1.85. The Morgan fingerprint density at radius 1 is 1.20 bits per heavy atom. The van der Waals surface area contributed by atoms with Crippen molar-refractivity contribution in [2.24, 2.45) is 0 Å². The van der Waals surface area contributed by atoms with E-state index >= 15 is 0 Å². The van der Waals surface area contributed by atoms with Crippen LogP contribution in [0.4, 0.5) is 0 Å². The van der Waals surface area contributed by atoms with Crippen LogP contribution in [0.2, 0.25) is 0 Å². The van der Waals surface area contributed by atoms with Crippen LogP contribution < -0.4 is 5.32 Å². The van der Waals surface area contributed by atoms with Crippen LogP contribution in [0.1, 0.15) is 41.6 Å². The van der Waals surface area contributed by atoms with Gasteiger partial charge in [-0.1, -0.05) is 12.5 Å². The maximum atomic E-state index is 12.9. The van der Waals surface area contributed by atoms with Gasteiger partial charge in [-0.2, -0.15) is 4.31 Å². The molecule has 0 aromatic heterocycles. The zero-order chi connectivity index (χ0) is 18.4. The number of nitrogens with one attached hydrogen (secondary N) is 1. The van der Waals surface area contributed by atoms with Gasteiger partial charge in [0.05, 0.1) is 4.90 Å². The summed E-state index contributed by atoms with van der Waals surface area (Å²) in [4.78, 5) is 14.6. The Hall–Kier alpha value is -1.44. The standard InChI is InChI=1S/C18H29N3O3S/c1-15-8-9-16(18(22)19-10-7-11-20(2)3)14-17(15)25(23,24)21-12-5-4-6-13-21/h8-9,14H,4-7,10-13H2,1-3H3,(H,19,22). The number of aryl methyl sites for hydroxylation is 1. The van der Waals surface area contributed by atoms with E-state index in [1.165, 1.54) is 10.4 Å². The fourth-order valence-electron chi connectivity index (χ4n) is 2.96. The van der Waals surface area contributed by atoms with Gasteiger partial charge in [-0.25, -0.2) is 8.42 Å². The number of benzene rings is 1. The molecule has 0 saturated carbocycles. The van der Waals surface area contributed by atoms with Crippen LogP contribution in [0.25, 0.3) is 0 Å². The lowest BCUT2D eigenvalue weighted by atomic mass is 10.1. The zero-order valence-electron chi connectivity index (χ0n) is 15.4. The molecule has 0 spiro atoms. The zero-order valence-corrected chi connectivity index (χ0v) is 16.2. The molecular formula is C18H29N3O3S. The van der Waals surface area contributed by atoms with E-state index in [4.69, 9.17) is 0 Å². The molecule has 140 valence electrons. The molecule has 1 aliphatic heterocycles. The van der Waals surface area contributed by atoms with E-state index in [-0.39, 0.29) is 10.8 Å². The Balaban J connectivity index is 2.12. The normalized spacial score (nSPS) is 16.2. The third kappa shape index (κ3) is 5.26. The summed E-state index contributed by atoms with van der Waals surface area (Å²) in [6.45, 7) is 4.35. The van der Waals surface area contributed by atoms with Crippen molar-refractivity contribution in [2.45, 2.75) is 37.5 Å². The van der Waals surface area contributed by atoms with Crippen molar-refractivity contribution in [3.8, 4) is 0 Å². The SMILES string of the molecule is Cc1ccc(C(=O)NCCCN(C)C)cc1S(=O)(=O)N1CCCCC1. The minimum absolute atomic E-state index is 0.228. The van der Waals surface area contributed by atoms with E-state index in [1.807, 2.05) is 14.1 Å². The quantitative estimate of drug-likeness (QED) is 0.747. The van der Waals surface area contributed by atoms with Crippen LogP contribution in [-0.2, 0) is 10.0 Å². The minimum atomic E-state index is -3.54. The molecule has 1 heterocycles. The highest BCUT2D eigenvalue weighted by molar-refractivity contribution is 7.89. The van der Waals surface area contributed by atoms with E-state index < -0.39 is 10.0 Å². The highest BCUT2D eigenvalue weighted by Crippen LogP contribution is 2.24. The summed E-state index contributed by atoms with van der Waals surface area (Å²) in [6.07, 6.45) is 3.71. The summed E-state index contributed by atoms with van der Waals surface area (Å²) in [5, 5.41) is 2.86. The van der Waals surface area contributed by atoms with Gasteiger partial charge in [0.25, 0.3) is 5.91 Å². The number of sulfonamides is 1. The van der Waals surface area contributed by atoms with Crippen LogP contribution >= 0.6 is 0 Å². The van der Waals surface area contributed by atoms with Crippen molar-refractivity contribution in [1.82, 2.24) is 14.5 Å². The molecule has 1 aromatic carbocycles. The summed E-state index contributed by atoms with van der Waals surface area (Å²) in [6, 6.07) is 4.91. The van der Waals surface area contributed by atoms with Crippen LogP contribution in [-0.4, -0.2) is 63.8 Å². The van der Waals surface area contributed by atoms with Gasteiger partial charge in [-0.05, 0) is 64.5 Å².